The summed E-state index contributed by atoms with van der Waals surface area (Å²) in [6.07, 6.45) is 2.11. The summed E-state index contributed by atoms with van der Waals surface area (Å²) >= 11 is 0. The maximum absolute atomic E-state index is 10.8. The van der Waals surface area contributed by atoms with E-state index < -0.39 is 5.97 Å². The van der Waals surface area contributed by atoms with Crippen LogP contribution >= 0.6 is 0 Å². The topological polar surface area (TPSA) is 80.0 Å². The number of aromatic carboxylic acids is 1. The molecule has 2 N–H and O–H groups in total. The van der Waals surface area contributed by atoms with Gasteiger partial charge in [-0.15, -0.1) is 5.10 Å². The van der Waals surface area contributed by atoms with Crippen LogP contribution in [0.1, 0.15) is 35.1 Å². The molecule has 1 aromatic rings. The number of carboxylic acids is 1. The highest BCUT2D eigenvalue weighted by molar-refractivity contribution is 5.86. The lowest BCUT2D eigenvalue weighted by Gasteiger charge is -2.23. The largest absolute Gasteiger partial charge is 0.476 e. The van der Waals surface area contributed by atoms with Gasteiger partial charge in [-0.2, -0.15) is 0 Å². The number of aromatic nitrogens is 3. The molecule has 0 radical (unpaired) electrons. The molecule has 0 bridgehead atoms. The molecule has 6 heteroatoms. The Morgan fingerprint density at radius 1 is 1.67 bits per heavy atom. The molecule has 6 nitrogen and oxygen atoms in total. The van der Waals surface area contributed by atoms with Crippen LogP contribution in [0.15, 0.2) is 0 Å². The molecule has 1 atom stereocenters. The van der Waals surface area contributed by atoms with Gasteiger partial charge in [0.2, 0.25) is 0 Å². The number of carbonyl (C=O) groups is 1. The van der Waals surface area contributed by atoms with Crippen LogP contribution in [0.25, 0.3) is 0 Å². The van der Waals surface area contributed by atoms with Gasteiger partial charge in [-0.3, -0.25) is 0 Å². The van der Waals surface area contributed by atoms with Crippen molar-refractivity contribution >= 4 is 5.97 Å². The first-order valence-electron chi connectivity index (χ1n) is 5.06. The molecule has 2 heterocycles. The van der Waals surface area contributed by atoms with Crippen molar-refractivity contribution in [3.8, 4) is 0 Å². The Morgan fingerprint density at radius 3 is 3.00 bits per heavy atom. The molecular weight excluding hydrogens is 196 g/mol. The Balaban J connectivity index is 2.24. The second-order valence-electron chi connectivity index (χ2n) is 3.77. The Kier molecular flexibility index (Phi) is 2.68. The molecule has 0 aliphatic carbocycles. The average molecular weight is 210 g/mol. The lowest BCUT2D eigenvalue weighted by atomic mass is 10.1. The monoisotopic (exact) mass is 210 g/mol. The fraction of sp³-hybridized carbons (Fsp3) is 0.667. The van der Waals surface area contributed by atoms with Gasteiger partial charge in [-0.25, -0.2) is 9.48 Å². The number of rotatable bonds is 2. The van der Waals surface area contributed by atoms with E-state index in [0.717, 1.165) is 25.9 Å². The summed E-state index contributed by atoms with van der Waals surface area (Å²) in [5, 5.41) is 19.7. The summed E-state index contributed by atoms with van der Waals surface area (Å²) < 4.78 is 1.72. The minimum atomic E-state index is -1.01. The molecule has 82 valence electrons. The van der Waals surface area contributed by atoms with Crippen molar-refractivity contribution < 1.29 is 9.90 Å². The van der Waals surface area contributed by atoms with Crippen molar-refractivity contribution in [3.05, 3.63) is 11.4 Å². The molecule has 1 aliphatic rings. The van der Waals surface area contributed by atoms with Gasteiger partial charge < -0.3 is 10.4 Å². The first kappa shape index (κ1) is 10.1. The summed E-state index contributed by atoms with van der Waals surface area (Å²) in [4.78, 5) is 10.8. The summed E-state index contributed by atoms with van der Waals surface area (Å²) in [6.45, 7) is 3.61. The van der Waals surface area contributed by atoms with Crippen LogP contribution in [0.4, 0.5) is 0 Å². The summed E-state index contributed by atoms with van der Waals surface area (Å²) in [5.74, 6) is -1.01. The van der Waals surface area contributed by atoms with E-state index in [1.807, 2.05) is 0 Å². The zero-order valence-corrected chi connectivity index (χ0v) is 8.60. The average Bonchev–Trinajstić information content (AvgIpc) is 2.61. The van der Waals surface area contributed by atoms with E-state index in [1.165, 1.54) is 0 Å². The number of hydrogen-bond acceptors (Lipinski definition) is 4. The Labute approximate surface area is 87.3 Å². The molecule has 0 amide bonds. The minimum Gasteiger partial charge on any atom is -0.476 e. The number of nitrogens with one attached hydrogen (secondary N) is 1. The van der Waals surface area contributed by atoms with Gasteiger partial charge in [0.05, 0.1) is 11.7 Å². The predicted octanol–water partition coefficient (Wildman–Crippen LogP) is 0.209. The first-order chi connectivity index (χ1) is 7.20. The molecule has 1 saturated heterocycles. The number of carboxylic acid groups (broad SMARTS) is 1. The van der Waals surface area contributed by atoms with Gasteiger partial charge in [0.1, 0.15) is 0 Å². The van der Waals surface area contributed by atoms with E-state index in [-0.39, 0.29) is 11.7 Å². The van der Waals surface area contributed by atoms with Crippen LogP contribution < -0.4 is 5.32 Å². The summed E-state index contributed by atoms with van der Waals surface area (Å²) in [6, 6.07) is 0.236. The second-order valence-corrected chi connectivity index (χ2v) is 3.77. The molecule has 0 spiro atoms. The molecule has 2 rings (SSSR count). The molecule has 0 aromatic carbocycles. The fourth-order valence-corrected chi connectivity index (χ4v) is 1.93. The van der Waals surface area contributed by atoms with Crippen molar-refractivity contribution in [3.63, 3.8) is 0 Å². The molecular formula is C9H14N4O2. The van der Waals surface area contributed by atoms with Crippen LogP contribution in [-0.2, 0) is 0 Å². The summed E-state index contributed by atoms with van der Waals surface area (Å²) in [7, 11) is 0. The predicted molar refractivity (Wildman–Crippen MR) is 52.9 cm³/mol. The van der Waals surface area contributed by atoms with Crippen LogP contribution in [-0.4, -0.2) is 39.2 Å². The standard InChI is InChI=1S/C9H14N4O2/c1-6-8(9(14)15)11-12-13(6)7-3-2-4-10-5-7/h7,10H,2-5H2,1H3,(H,14,15)/t7-/m1/s1. The SMILES string of the molecule is Cc1c(C(=O)O)nnn1[C@@H]1CCCNC1. The van der Waals surface area contributed by atoms with Crippen LogP contribution in [0.5, 0.6) is 0 Å². The van der Waals surface area contributed by atoms with Crippen LogP contribution in [0.3, 0.4) is 0 Å². The van der Waals surface area contributed by atoms with Gasteiger partial charge in [0.15, 0.2) is 5.69 Å². The minimum absolute atomic E-state index is 0.0561. The zero-order chi connectivity index (χ0) is 10.8. The van der Waals surface area contributed by atoms with Crippen molar-refractivity contribution in [1.82, 2.24) is 20.3 Å². The van der Waals surface area contributed by atoms with Crippen LogP contribution in [0.2, 0.25) is 0 Å². The molecule has 1 fully saturated rings. The molecule has 1 aromatic heterocycles. The fourth-order valence-electron chi connectivity index (χ4n) is 1.93. The number of piperidine rings is 1. The molecule has 1 aliphatic heterocycles. The highest BCUT2D eigenvalue weighted by atomic mass is 16.4. The van der Waals surface area contributed by atoms with E-state index >= 15 is 0 Å². The molecule has 0 saturated carbocycles. The Morgan fingerprint density at radius 2 is 2.47 bits per heavy atom. The Hall–Kier alpha value is -1.43. The van der Waals surface area contributed by atoms with Crippen molar-refractivity contribution in [2.45, 2.75) is 25.8 Å². The van der Waals surface area contributed by atoms with Gasteiger partial charge >= 0.3 is 5.97 Å². The number of nitrogens with zero attached hydrogens (tertiary/aromatic N) is 3. The number of hydrogen-bond donors (Lipinski definition) is 2. The van der Waals surface area contributed by atoms with Crippen molar-refractivity contribution in [2.75, 3.05) is 13.1 Å². The third-order valence-corrected chi connectivity index (χ3v) is 2.75. The zero-order valence-electron chi connectivity index (χ0n) is 8.60. The van der Waals surface area contributed by atoms with Crippen molar-refractivity contribution in [1.29, 1.82) is 0 Å². The Bertz CT molecular complexity index is 368. The normalized spacial score (nSPS) is 21.5. The molecule has 0 unspecified atom stereocenters. The van der Waals surface area contributed by atoms with Crippen LogP contribution in [0, 0.1) is 6.92 Å². The quantitative estimate of drug-likeness (QED) is 0.729. The maximum Gasteiger partial charge on any atom is 0.358 e. The van der Waals surface area contributed by atoms with E-state index in [4.69, 9.17) is 5.11 Å². The van der Waals surface area contributed by atoms with E-state index in [2.05, 4.69) is 15.6 Å². The van der Waals surface area contributed by atoms with E-state index in [0.29, 0.717) is 5.69 Å². The van der Waals surface area contributed by atoms with Crippen molar-refractivity contribution in [2.24, 2.45) is 0 Å². The van der Waals surface area contributed by atoms with Gasteiger partial charge in [-0.1, -0.05) is 5.21 Å². The molecule has 15 heavy (non-hydrogen) atoms. The highest BCUT2D eigenvalue weighted by Crippen LogP contribution is 2.18. The van der Waals surface area contributed by atoms with E-state index in [1.54, 1.807) is 11.6 Å². The summed E-state index contributed by atoms with van der Waals surface area (Å²) in [5.41, 5.74) is 0.691. The third kappa shape index (κ3) is 1.85. The lowest BCUT2D eigenvalue weighted by Crippen LogP contribution is -2.32. The maximum atomic E-state index is 10.8. The van der Waals surface area contributed by atoms with E-state index in [9.17, 15) is 4.79 Å². The highest BCUT2D eigenvalue weighted by Gasteiger charge is 2.22. The second kappa shape index (κ2) is 3.98. The smallest absolute Gasteiger partial charge is 0.358 e. The van der Waals surface area contributed by atoms with Gasteiger partial charge in [-0.05, 0) is 26.3 Å². The third-order valence-electron chi connectivity index (χ3n) is 2.75. The van der Waals surface area contributed by atoms with Gasteiger partial charge in [0.25, 0.3) is 0 Å². The lowest BCUT2D eigenvalue weighted by molar-refractivity contribution is 0.0689. The van der Waals surface area contributed by atoms with Gasteiger partial charge in [0, 0.05) is 6.54 Å². The first-order valence-corrected chi connectivity index (χ1v) is 5.06.